The van der Waals surface area contributed by atoms with Crippen LogP contribution in [0.5, 0.6) is 5.75 Å². The summed E-state index contributed by atoms with van der Waals surface area (Å²) >= 11 is 3.42. The van der Waals surface area contributed by atoms with Crippen LogP contribution < -0.4 is 10.1 Å². The Morgan fingerprint density at radius 1 is 1.56 bits per heavy atom. The Morgan fingerprint density at radius 3 is 2.78 bits per heavy atom. The van der Waals surface area contributed by atoms with Crippen LogP contribution in [-0.2, 0) is 4.79 Å². The smallest absolute Gasteiger partial charge is 0.303 e. The molecule has 0 saturated carbocycles. The zero-order valence-corrected chi connectivity index (χ0v) is 12.4. The Bertz CT molecular complexity index is 434. The van der Waals surface area contributed by atoms with Gasteiger partial charge in [0.05, 0.1) is 12.8 Å². The predicted molar refractivity (Wildman–Crippen MR) is 75.4 cm³/mol. The lowest BCUT2D eigenvalue weighted by Crippen LogP contribution is -2.17. The molecular weight excluding hydrogens is 298 g/mol. The lowest BCUT2D eigenvalue weighted by Gasteiger charge is -2.19. The number of ether oxygens (including phenoxy) is 1. The van der Waals surface area contributed by atoms with Gasteiger partial charge < -0.3 is 15.2 Å². The highest BCUT2D eigenvalue weighted by Crippen LogP contribution is 2.32. The van der Waals surface area contributed by atoms with Crippen LogP contribution in [0.25, 0.3) is 0 Å². The molecule has 5 heteroatoms. The number of hydrogen-bond acceptors (Lipinski definition) is 3. The van der Waals surface area contributed by atoms with Crippen molar-refractivity contribution in [2.75, 3.05) is 12.4 Å². The summed E-state index contributed by atoms with van der Waals surface area (Å²) in [5.74, 6) is -0.0211. The van der Waals surface area contributed by atoms with Crippen molar-refractivity contribution in [3.05, 3.63) is 22.2 Å². The second-order valence-electron chi connectivity index (χ2n) is 4.28. The van der Waals surface area contributed by atoms with Crippen molar-refractivity contribution in [2.45, 2.75) is 32.7 Å². The van der Waals surface area contributed by atoms with Crippen LogP contribution in [-0.4, -0.2) is 24.2 Å². The fourth-order valence-corrected chi connectivity index (χ4v) is 2.27. The molecule has 0 aliphatic carbocycles. The minimum atomic E-state index is -0.775. The Hall–Kier alpha value is -1.23. The predicted octanol–water partition coefficient (Wildman–Crippen LogP) is 3.43. The van der Waals surface area contributed by atoms with Crippen molar-refractivity contribution in [1.29, 1.82) is 0 Å². The highest BCUT2D eigenvalue weighted by atomic mass is 79.9. The molecule has 18 heavy (non-hydrogen) atoms. The summed E-state index contributed by atoms with van der Waals surface area (Å²) in [4.78, 5) is 10.5. The Labute approximate surface area is 115 Å². The molecule has 0 saturated heterocycles. The number of carboxylic acid groups (broad SMARTS) is 1. The lowest BCUT2D eigenvalue weighted by molar-refractivity contribution is -0.137. The molecule has 0 fully saturated rings. The van der Waals surface area contributed by atoms with Gasteiger partial charge in [-0.05, 0) is 38.0 Å². The highest BCUT2D eigenvalue weighted by molar-refractivity contribution is 9.10. The molecule has 0 aliphatic rings. The van der Waals surface area contributed by atoms with Crippen molar-refractivity contribution in [2.24, 2.45) is 0 Å². The summed E-state index contributed by atoms with van der Waals surface area (Å²) in [7, 11) is 1.62. The number of carbonyl (C=O) groups is 1. The molecule has 0 bridgehead atoms. The molecule has 4 nitrogen and oxygen atoms in total. The normalized spacial score (nSPS) is 12.0. The van der Waals surface area contributed by atoms with E-state index in [0.717, 1.165) is 21.5 Å². The maximum absolute atomic E-state index is 10.5. The summed E-state index contributed by atoms with van der Waals surface area (Å²) in [6.45, 7) is 3.95. The van der Waals surface area contributed by atoms with Crippen molar-refractivity contribution < 1.29 is 14.6 Å². The van der Waals surface area contributed by atoms with E-state index in [2.05, 4.69) is 21.2 Å². The maximum atomic E-state index is 10.5. The van der Waals surface area contributed by atoms with E-state index < -0.39 is 5.97 Å². The first-order valence-corrected chi connectivity index (χ1v) is 6.55. The van der Waals surface area contributed by atoms with Gasteiger partial charge in [0.1, 0.15) is 5.75 Å². The molecule has 1 rings (SSSR count). The minimum Gasteiger partial charge on any atom is -0.495 e. The second-order valence-corrected chi connectivity index (χ2v) is 5.19. The Kier molecular flexibility index (Phi) is 5.47. The number of carboxylic acids is 1. The van der Waals surface area contributed by atoms with E-state index in [4.69, 9.17) is 9.84 Å². The fraction of sp³-hybridized carbons (Fsp3) is 0.462. The number of aryl methyl sites for hydroxylation is 1. The van der Waals surface area contributed by atoms with Gasteiger partial charge in [-0.25, -0.2) is 0 Å². The van der Waals surface area contributed by atoms with Crippen molar-refractivity contribution in [3.63, 3.8) is 0 Å². The van der Waals surface area contributed by atoms with Gasteiger partial charge in [0.25, 0.3) is 0 Å². The molecule has 2 N–H and O–H groups in total. The summed E-state index contributed by atoms with van der Waals surface area (Å²) in [5, 5.41) is 12.0. The van der Waals surface area contributed by atoms with Gasteiger partial charge in [0.15, 0.2) is 0 Å². The summed E-state index contributed by atoms with van der Waals surface area (Å²) < 4.78 is 6.28. The van der Waals surface area contributed by atoms with Crippen LogP contribution in [0.1, 0.15) is 25.3 Å². The van der Waals surface area contributed by atoms with Gasteiger partial charge in [-0.15, -0.1) is 0 Å². The van der Waals surface area contributed by atoms with Crippen LogP contribution in [0.3, 0.4) is 0 Å². The standard InChI is InChI=1S/C13H18BrNO3/c1-8-6-10(14)7-11(18-3)13(8)15-9(2)4-5-12(16)17/h6-7,9,15H,4-5H2,1-3H3,(H,16,17). The van der Waals surface area contributed by atoms with Crippen LogP contribution in [0.15, 0.2) is 16.6 Å². The van der Waals surface area contributed by atoms with Crippen molar-refractivity contribution in [1.82, 2.24) is 0 Å². The first-order valence-electron chi connectivity index (χ1n) is 5.76. The molecule has 100 valence electrons. The van der Waals surface area contributed by atoms with Gasteiger partial charge in [-0.2, -0.15) is 0 Å². The highest BCUT2D eigenvalue weighted by Gasteiger charge is 2.12. The van der Waals surface area contributed by atoms with Crippen molar-refractivity contribution in [3.8, 4) is 5.75 Å². The largest absolute Gasteiger partial charge is 0.495 e. The van der Waals surface area contributed by atoms with E-state index in [1.165, 1.54) is 0 Å². The number of anilines is 1. The number of methoxy groups -OCH3 is 1. The number of halogens is 1. The molecule has 0 spiro atoms. The number of hydrogen-bond donors (Lipinski definition) is 2. The summed E-state index contributed by atoms with van der Waals surface area (Å²) in [6.07, 6.45) is 0.736. The van der Waals surface area contributed by atoms with Gasteiger partial charge in [-0.1, -0.05) is 15.9 Å². The zero-order chi connectivity index (χ0) is 13.7. The topological polar surface area (TPSA) is 58.6 Å². The summed E-state index contributed by atoms with van der Waals surface area (Å²) in [6, 6.07) is 3.96. The molecule has 1 aromatic rings. The van der Waals surface area contributed by atoms with E-state index in [0.29, 0.717) is 6.42 Å². The van der Waals surface area contributed by atoms with Crippen LogP contribution in [0.4, 0.5) is 5.69 Å². The van der Waals surface area contributed by atoms with E-state index in [1.807, 2.05) is 26.0 Å². The van der Waals surface area contributed by atoms with Gasteiger partial charge in [-0.3, -0.25) is 4.79 Å². The SMILES string of the molecule is COc1cc(Br)cc(C)c1NC(C)CCC(=O)O. The minimum absolute atomic E-state index is 0.0786. The van der Waals surface area contributed by atoms with E-state index in [-0.39, 0.29) is 12.5 Å². The average Bonchev–Trinajstić information content (AvgIpc) is 2.29. The third kappa shape index (κ3) is 4.22. The third-order valence-corrected chi connectivity index (χ3v) is 3.12. The van der Waals surface area contributed by atoms with Crippen LogP contribution in [0, 0.1) is 6.92 Å². The number of rotatable bonds is 6. The van der Waals surface area contributed by atoms with Gasteiger partial charge in [0.2, 0.25) is 0 Å². The molecule has 1 atom stereocenters. The molecule has 0 heterocycles. The molecule has 0 radical (unpaired) electrons. The number of aliphatic carboxylic acids is 1. The molecule has 0 aromatic heterocycles. The Balaban J connectivity index is 2.80. The molecular formula is C13H18BrNO3. The van der Waals surface area contributed by atoms with E-state index >= 15 is 0 Å². The first kappa shape index (κ1) is 14.8. The first-order chi connectivity index (χ1) is 8.43. The van der Waals surface area contributed by atoms with Crippen LogP contribution in [0.2, 0.25) is 0 Å². The third-order valence-electron chi connectivity index (χ3n) is 2.67. The van der Waals surface area contributed by atoms with Gasteiger partial charge >= 0.3 is 5.97 Å². The molecule has 0 aliphatic heterocycles. The monoisotopic (exact) mass is 315 g/mol. The van der Waals surface area contributed by atoms with Crippen molar-refractivity contribution >= 4 is 27.6 Å². The molecule has 1 aromatic carbocycles. The number of nitrogens with one attached hydrogen (secondary N) is 1. The molecule has 1 unspecified atom stereocenters. The Morgan fingerprint density at radius 2 is 2.22 bits per heavy atom. The quantitative estimate of drug-likeness (QED) is 0.844. The average molecular weight is 316 g/mol. The zero-order valence-electron chi connectivity index (χ0n) is 10.8. The fourth-order valence-electron chi connectivity index (χ4n) is 1.72. The summed E-state index contributed by atoms with van der Waals surface area (Å²) in [5.41, 5.74) is 1.97. The number of benzene rings is 1. The lowest BCUT2D eigenvalue weighted by atomic mass is 10.1. The van der Waals surface area contributed by atoms with Crippen LogP contribution >= 0.6 is 15.9 Å². The second kappa shape index (κ2) is 6.64. The van der Waals surface area contributed by atoms with Gasteiger partial charge in [0, 0.05) is 16.9 Å². The molecule has 0 amide bonds. The maximum Gasteiger partial charge on any atom is 0.303 e. The van der Waals surface area contributed by atoms with E-state index in [1.54, 1.807) is 7.11 Å². The van der Waals surface area contributed by atoms with E-state index in [9.17, 15) is 4.79 Å².